The van der Waals surface area contributed by atoms with Crippen LogP contribution in [0.15, 0.2) is 24.3 Å². The van der Waals surface area contributed by atoms with Crippen molar-refractivity contribution in [1.82, 2.24) is 4.90 Å². The molecule has 0 fully saturated rings. The van der Waals surface area contributed by atoms with Crippen molar-refractivity contribution in [3.8, 4) is 6.07 Å². The molecule has 18 heavy (non-hydrogen) atoms. The molecule has 0 radical (unpaired) electrons. The van der Waals surface area contributed by atoms with Gasteiger partial charge >= 0.3 is 0 Å². The summed E-state index contributed by atoms with van der Waals surface area (Å²) in [5, 5.41) is 19.9. The van der Waals surface area contributed by atoms with Gasteiger partial charge in [0, 0.05) is 18.8 Å². The zero-order chi connectivity index (χ0) is 13.4. The van der Waals surface area contributed by atoms with Crippen molar-refractivity contribution in [3.05, 3.63) is 29.8 Å². The van der Waals surface area contributed by atoms with Gasteiger partial charge < -0.3 is 10.4 Å². The summed E-state index contributed by atoms with van der Waals surface area (Å²) in [7, 11) is 1.91. The Labute approximate surface area is 107 Å². The highest BCUT2D eigenvalue weighted by molar-refractivity contribution is 5.92. The van der Waals surface area contributed by atoms with Gasteiger partial charge in [-0.05, 0) is 24.7 Å². The minimum Gasteiger partial charge on any atom is -0.395 e. The van der Waals surface area contributed by atoms with Crippen LogP contribution < -0.4 is 5.32 Å². The summed E-state index contributed by atoms with van der Waals surface area (Å²) in [6.07, 6.45) is -0.144. The Morgan fingerprint density at radius 1 is 1.56 bits per heavy atom. The maximum atomic E-state index is 11.3. The molecular weight excluding hydrogens is 230 g/mol. The molecule has 0 aliphatic carbocycles. The molecule has 1 aromatic rings. The zero-order valence-electron chi connectivity index (χ0n) is 10.4. The molecule has 0 aliphatic rings. The molecule has 96 valence electrons. The lowest BCUT2D eigenvalue weighted by Crippen LogP contribution is -2.21. The molecule has 1 rings (SSSR count). The highest BCUT2D eigenvalue weighted by Crippen LogP contribution is 2.12. The second kappa shape index (κ2) is 7.43. The minimum absolute atomic E-state index is 0.120. The van der Waals surface area contributed by atoms with Gasteiger partial charge in [-0.25, -0.2) is 0 Å². The Morgan fingerprint density at radius 3 is 3.00 bits per heavy atom. The molecule has 5 heteroatoms. The Hall–Kier alpha value is -1.90. The van der Waals surface area contributed by atoms with E-state index < -0.39 is 0 Å². The highest BCUT2D eigenvalue weighted by atomic mass is 16.3. The maximum absolute atomic E-state index is 11.3. The topological polar surface area (TPSA) is 76.4 Å². The van der Waals surface area contributed by atoms with Gasteiger partial charge in [0.2, 0.25) is 5.91 Å². The van der Waals surface area contributed by atoms with Crippen molar-refractivity contribution >= 4 is 11.6 Å². The summed E-state index contributed by atoms with van der Waals surface area (Å²) in [6.45, 7) is 1.42. The molecule has 0 saturated heterocycles. The van der Waals surface area contributed by atoms with Gasteiger partial charge in [-0.1, -0.05) is 12.1 Å². The van der Waals surface area contributed by atoms with E-state index in [-0.39, 0.29) is 18.9 Å². The summed E-state index contributed by atoms with van der Waals surface area (Å²) in [4.78, 5) is 13.3. The normalized spacial score (nSPS) is 10.1. The molecule has 1 amide bonds. The first kappa shape index (κ1) is 14.2. The van der Waals surface area contributed by atoms with Gasteiger partial charge in [0.25, 0.3) is 0 Å². The zero-order valence-corrected chi connectivity index (χ0v) is 10.4. The van der Waals surface area contributed by atoms with Crippen molar-refractivity contribution in [2.24, 2.45) is 0 Å². The Bertz CT molecular complexity index is 440. The van der Waals surface area contributed by atoms with Crippen molar-refractivity contribution in [1.29, 1.82) is 5.26 Å². The number of likely N-dealkylation sites (N-methyl/N-ethyl adjacent to an activating group) is 1. The molecule has 0 saturated carbocycles. The van der Waals surface area contributed by atoms with Crippen molar-refractivity contribution in [2.75, 3.05) is 25.5 Å². The summed E-state index contributed by atoms with van der Waals surface area (Å²) >= 11 is 0. The van der Waals surface area contributed by atoms with Gasteiger partial charge in [-0.3, -0.25) is 9.69 Å². The second-order valence-electron chi connectivity index (χ2n) is 4.04. The van der Waals surface area contributed by atoms with Crippen LogP contribution >= 0.6 is 0 Å². The third kappa shape index (κ3) is 4.95. The van der Waals surface area contributed by atoms with Crippen LogP contribution in [0, 0.1) is 11.3 Å². The average Bonchev–Trinajstić information content (AvgIpc) is 2.29. The maximum Gasteiger partial charge on any atom is 0.238 e. The van der Waals surface area contributed by atoms with Crippen molar-refractivity contribution in [2.45, 2.75) is 13.0 Å². The highest BCUT2D eigenvalue weighted by Gasteiger charge is 2.03. The molecule has 0 unspecified atom stereocenters. The van der Waals surface area contributed by atoms with Gasteiger partial charge in [0.05, 0.1) is 12.7 Å². The van der Waals surface area contributed by atoms with Crippen LogP contribution in [0.1, 0.15) is 12.0 Å². The number of nitrogens with one attached hydrogen (secondary N) is 1. The Balaban J connectivity index is 2.62. The quantitative estimate of drug-likeness (QED) is 0.785. The standard InChI is InChI=1S/C13H17N3O2/c1-16(7-8-17)10-11-3-2-4-12(9-11)15-13(18)5-6-14/h2-4,9,17H,5,7-8,10H2,1H3,(H,15,18). The predicted molar refractivity (Wildman–Crippen MR) is 68.7 cm³/mol. The molecule has 1 aromatic carbocycles. The average molecular weight is 247 g/mol. The van der Waals surface area contributed by atoms with Gasteiger partial charge in [-0.2, -0.15) is 5.26 Å². The fraction of sp³-hybridized carbons (Fsp3) is 0.385. The molecule has 2 N–H and O–H groups in total. The lowest BCUT2D eigenvalue weighted by molar-refractivity contribution is -0.115. The van der Waals surface area contributed by atoms with E-state index in [4.69, 9.17) is 10.4 Å². The van der Waals surface area contributed by atoms with Crippen molar-refractivity contribution in [3.63, 3.8) is 0 Å². The number of benzene rings is 1. The SMILES string of the molecule is CN(CCO)Cc1cccc(NC(=O)CC#N)c1. The predicted octanol–water partition coefficient (Wildman–Crippen LogP) is 0.963. The lowest BCUT2D eigenvalue weighted by Gasteiger charge is -2.15. The largest absolute Gasteiger partial charge is 0.395 e. The van der Waals surface area contributed by atoms with E-state index in [1.807, 2.05) is 30.1 Å². The smallest absolute Gasteiger partial charge is 0.238 e. The third-order valence-electron chi connectivity index (χ3n) is 2.38. The number of hydrogen-bond donors (Lipinski definition) is 2. The van der Waals surface area contributed by atoms with Crippen LogP contribution in [-0.4, -0.2) is 36.1 Å². The van der Waals surface area contributed by atoms with E-state index >= 15 is 0 Å². The molecule has 0 heterocycles. The third-order valence-corrected chi connectivity index (χ3v) is 2.38. The summed E-state index contributed by atoms with van der Waals surface area (Å²) in [5.74, 6) is -0.307. The molecule has 0 bridgehead atoms. The number of nitriles is 1. The number of amides is 1. The van der Waals surface area contributed by atoms with Gasteiger partial charge in [0.15, 0.2) is 0 Å². The molecule has 0 aliphatic heterocycles. The van der Waals surface area contributed by atoms with Crippen LogP contribution in [0.4, 0.5) is 5.69 Å². The van der Waals surface area contributed by atoms with Crippen LogP contribution in [0.2, 0.25) is 0 Å². The number of carbonyl (C=O) groups is 1. The van der Waals surface area contributed by atoms with Crippen LogP contribution in [0.25, 0.3) is 0 Å². The van der Waals surface area contributed by atoms with E-state index in [0.29, 0.717) is 18.8 Å². The monoisotopic (exact) mass is 247 g/mol. The van der Waals surface area contributed by atoms with Crippen LogP contribution in [0.3, 0.4) is 0 Å². The number of anilines is 1. The minimum atomic E-state index is -0.307. The first-order valence-corrected chi connectivity index (χ1v) is 5.71. The Kier molecular flexibility index (Phi) is 5.85. The number of rotatable bonds is 6. The number of aliphatic hydroxyl groups excluding tert-OH is 1. The molecule has 0 spiro atoms. The summed E-state index contributed by atoms with van der Waals surface area (Å²) in [6, 6.07) is 9.25. The number of carbonyl (C=O) groups excluding carboxylic acids is 1. The second-order valence-corrected chi connectivity index (χ2v) is 4.04. The molecule has 0 atom stereocenters. The first-order valence-electron chi connectivity index (χ1n) is 5.71. The van der Waals surface area contributed by atoms with E-state index in [0.717, 1.165) is 5.56 Å². The summed E-state index contributed by atoms with van der Waals surface area (Å²) in [5.41, 5.74) is 1.73. The van der Waals surface area contributed by atoms with E-state index in [1.165, 1.54) is 0 Å². The number of aliphatic hydroxyl groups is 1. The van der Waals surface area contributed by atoms with E-state index in [2.05, 4.69) is 5.32 Å². The lowest BCUT2D eigenvalue weighted by atomic mass is 10.2. The van der Waals surface area contributed by atoms with Crippen molar-refractivity contribution < 1.29 is 9.90 Å². The molecule has 0 aromatic heterocycles. The Morgan fingerprint density at radius 2 is 2.33 bits per heavy atom. The van der Waals surface area contributed by atoms with Gasteiger partial charge in [0.1, 0.15) is 6.42 Å². The van der Waals surface area contributed by atoms with E-state index in [1.54, 1.807) is 12.1 Å². The molecule has 5 nitrogen and oxygen atoms in total. The summed E-state index contributed by atoms with van der Waals surface area (Å²) < 4.78 is 0. The van der Waals surface area contributed by atoms with Crippen LogP contribution in [-0.2, 0) is 11.3 Å². The fourth-order valence-electron chi connectivity index (χ4n) is 1.59. The molecular formula is C13H17N3O2. The number of hydrogen-bond acceptors (Lipinski definition) is 4. The van der Waals surface area contributed by atoms with E-state index in [9.17, 15) is 4.79 Å². The first-order chi connectivity index (χ1) is 8.65. The fourth-order valence-corrected chi connectivity index (χ4v) is 1.59. The van der Waals surface area contributed by atoms with Crippen LogP contribution in [0.5, 0.6) is 0 Å². The van der Waals surface area contributed by atoms with Gasteiger partial charge in [-0.15, -0.1) is 0 Å². The number of nitrogens with zero attached hydrogens (tertiary/aromatic N) is 2.